The largest absolute Gasteiger partial charge is 0.354 e. The van der Waals surface area contributed by atoms with E-state index in [0.29, 0.717) is 11.0 Å². The fourth-order valence-electron chi connectivity index (χ4n) is 2.80. The van der Waals surface area contributed by atoms with Gasteiger partial charge in [-0.2, -0.15) is 0 Å². The smallest absolute Gasteiger partial charge is 0.332 e. The fourth-order valence-corrected chi connectivity index (χ4v) is 3.13. The molecule has 0 radical (unpaired) electrons. The lowest BCUT2D eigenvalue weighted by Crippen LogP contribution is -2.20. The predicted molar refractivity (Wildman–Crippen MR) is 110 cm³/mol. The van der Waals surface area contributed by atoms with Crippen LogP contribution in [0.3, 0.4) is 0 Å². The van der Waals surface area contributed by atoms with Crippen molar-refractivity contribution in [1.82, 2.24) is 9.97 Å². The maximum Gasteiger partial charge on any atom is 0.354 e. The average molecular weight is 446 g/mol. The number of nitrogens with zero attached hydrogens (tertiary/aromatic N) is 4. The maximum absolute atomic E-state index is 14.2. The van der Waals surface area contributed by atoms with Gasteiger partial charge < -0.3 is 10.2 Å². The van der Waals surface area contributed by atoms with Gasteiger partial charge in [-0.25, -0.2) is 14.4 Å². The van der Waals surface area contributed by atoms with Crippen LogP contribution in [-0.4, -0.2) is 21.4 Å². The highest BCUT2D eigenvalue weighted by molar-refractivity contribution is 9.10. The molecule has 144 valence electrons. The van der Waals surface area contributed by atoms with Crippen LogP contribution in [0.2, 0.25) is 0 Å². The Balaban J connectivity index is 2.10. The lowest BCUT2D eigenvalue weighted by atomic mass is 10.2. The molecule has 28 heavy (non-hydrogen) atoms. The van der Waals surface area contributed by atoms with Gasteiger partial charge in [-0.15, -0.1) is 0 Å². The Labute approximate surface area is 169 Å². The topological polar surface area (TPSA) is 84.2 Å². The number of nitrogens with one attached hydrogen (secondary N) is 1. The first-order valence-corrected chi connectivity index (χ1v) is 9.25. The van der Waals surface area contributed by atoms with E-state index in [-0.39, 0.29) is 23.0 Å². The third kappa shape index (κ3) is 4.09. The van der Waals surface area contributed by atoms with Crippen molar-refractivity contribution in [3.63, 3.8) is 0 Å². The van der Waals surface area contributed by atoms with Gasteiger partial charge in [0.1, 0.15) is 12.1 Å². The first-order chi connectivity index (χ1) is 13.4. The van der Waals surface area contributed by atoms with E-state index in [1.165, 1.54) is 18.5 Å². The van der Waals surface area contributed by atoms with E-state index < -0.39 is 10.7 Å². The van der Waals surface area contributed by atoms with E-state index in [1.807, 2.05) is 38.1 Å². The Morgan fingerprint density at radius 3 is 2.68 bits per heavy atom. The minimum atomic E-state index is -0.563. The molecule has 0 saturated heterocycles. The third-order valence-corrected chi connectivity index (χ3v) is 4.55. The number of aryl methyl sites for hydroxylation is 1. The standard InChI is InChI=1S/C19H17BrFN5O2/c1-3-25(14-6-4-5-12(2)9-14)19-17(26(27)28)18(22-11-23-19)24-16-8-7-13(20)10-15(16)21/h4-11H,3H2,1-2H3,(H,22,23,24). The molecular formula is C19H17BrFN5O2. The zero-order chi connectivity index (χ0) is 20.3. The summed E-state index contributed by atoms with van der Waals surface area (Å²) in [4.78, 5) is 21.1. The van der Waals surface area contributed by atoms with Crippen LogP contribution in [0.25, 0.3) is 0 Å². The van der Waals surface area contributed by atoms with E-state index in [1.54, 1.807) is 11.0 Å². The van der Waals surface area contributed by atoms with Crippen LogP contribution in [-0.2, 0) is 0 Å². The van der Waals surface area contributed by atoms with Crippen LogP contribution in [0.5, 0.6) is 0 Å². The third-order valence-electron chi connectivity index (χ3n) is 4.05. The van der Waals surface area contributed by atoms with Crippen LogP contribution < -0.4 is 10.2 Å². The fraction of sp³-hybridized carbons (Fsp3) is 0.158. The molecule has 0 bridgehead atoms. The van der Waals surface area contributed by atoms with Crippen molar-refractivity contribution in [2.75, 3.05) is 16.8 Å². The molecular weight excluding hydrogens is 429 g/mol. The summed E-state index contributed by atoms with van der Waals surface area (Å²) in [6, 6.07) is 11.9. The molecule has 3 aromatic rings. The van der Waals surface area contributed by atoms with Gasteiger partial charge in [-0.05, 0) is 49.7 Å². The number of benzene rings is 2. The van der Waals surface area contributed by atoms with E-state index in [9.17, 15) is 14.5 Å². The second-order valence-electron chi connectivity index (χ2n) is 5.98. The van der Waals surface area contributed by atoms with Gasteiger partial charge in [0.15, 0.2) is 0 Å². The van der Waals surface area contributed by atoms with E-state index in [2.05, 4.69) is 31.2 Å². The lowest BCUT2D eigenvalue weighted by molar-refractivity contribution is -0.383. The molecule has 1 N–H and O–H groups in total. The summed E-state index contributed by atoms with van der Waals surface area (Å²) in [5, 5.41) is 14.6. The highest BCUT2D eigenvalue weighted by Crippen LogP contribution is 2.37. The summed E-state index contributed by atoms with van der Waals surface area (Å²) in [7, 11) is 0. The van der Waals surface area contributed by atoms with E-state index in [0.717, 1.165) is 11.3 Å². The molecule has 1 heterocycles. The van der Waals surface area contributed by atoms with Crippen LogP contribution >= 0.6 is 15.9 Å². The molecule has 1 aromatic heterocycles. The van der Waals surface area contributed by atoms with Crippen molar-refractivity contribution in [2.24, 2.45) is 0 Å². The number of anilines is 4. The van der Waals surface area contributed by atoms with Gasteiger partial charge >= 0.3 is 5.69 Å². The van der Waals surface area contributed by atoms with Crippen molar-refractivity contribution >= 4 is 44.6 Å². The van der Waals surface area contributed by atoms with Gasteiger partial charge in [0, 0.05) is 16.7 Å². The van der Waals surface area contributed by atoms with Gasteiger partial charge in [-0.1, -0.05) is 28.1 Å². The van der Waals surface area contributed by atoms with Gasteiger partial charge in [0.25, 0.3) is 0 Å². The highest BCUT2D eigenvalue weighted by atomic mass is 79.9. The van der Waals surface area contributed by atoms with E-state index >= 15 is 0 Å². The summed E-state index contributed by atoms with van der Waals surface area (Å²) in [5.74, 6) is -0.509. The number of rotatable bonds is 6. The number of hydrogen-bond acceptors (Lipinski definition) is 6. The Morgan fingerprint density at radius 1 is 1.25 bits per heavy atom. The Morgan fingerprint density at radius 2 is 2.04 bits per heavy atom. The molecule has 0 spiro atoms. The maximum atomic E-state index is 14.2. The molecule has 0 unspecified atom stereocenters. The SMILES string of the molecule is CCN(c1cccc(C)c1)c1ncnc(Nc2ccc(Br)cc2F)c1[N+](=O)[O-]. The highest BCUT2D eigenvalue weighted by Gasteiger charge is 2.28. The molecule has 0 atom stereocenters. The first kappa shape index (κ1) is 19.7. The summed E-state index contributed by atoms with van der Waals surface area (Å²) >= 11 is 3.18. The molecule has 0 aliphatic heterocycles. The predicted octanol–water partition coefficient (Wildman–Crippen LogP) is 5.50. The summed E-state index contributed by atoms with van der Waals surface area (Å²) in [5.41, 5.74) is 1.54. The number of hydrogen-bond donors (Lipinski definition) is 1. The summed E-state index contributed by atoms with van der Waals surface area (Å²) in [6.45, 7) is 4.26. The minimum absolute atomic E-state index is 0.0783. The molecule has 7 nitrogen and oxygen atoms in total. The molecule has 0 fully saturated rings. The van der Waals surface area contributed by atoms with Crippen molar-refractivity contribution < 1.29 is 9.31 Å². The number of aromatic nitrogens is 2. The van der Waals surface area contributed by atoms with Crippen molar-refractivity contribution in [2.45, 2.75) is 13.8 Å². The van der Waals surface area contributed by atoms with Gasteiger partial charge in [0.05, 0.1) is 10.6 Å². The number of halogens is 2. The number of nitro groups is 1. The molecule has 0 aliphatic rings. The molecule has 2 aromatic carbocycles. The summed E-state index contributed by atoms with van der Waals surface area (Å²) in [6.07, 6.45) is 1.22. The Bertz CT molecular complexity index is 1030. The van der Waals surface area contributed by atoms with Crippen LogP contribution in [0.4, 0.5) is 33.1 Å². The van der Waals surface area contributed by atoms with Gasteiger partial charge in [-0.3, -0.25) is 10.1 Å². The summed E-state index contributed by atoms with van der Waals surface area (Å²) < 4.78 is 14.7. The Hall–Kier alpha value is -3.07. The second kappa shape index (κ2) is 8.30. The zero-order valence-corrected chi connectivity index (χ0v) is 16.8. The minimum Gasteiger partial charge on any atom is -0.332 e. The van der Waals surface area contributed by atoms with E-state index in [4.69, 9.17) is 0 Å². The van der Waals surface area contributed by atoms with Crippen LogP contribution in [0.1, 0.15) is 12.5 Å². The normalized spacial score (nSPS) is 10.6. The quantitative estimate of drug-likeness (QED) is 0.398. The monoisotopic (exact) mass is 445 g/mol. The zero-order valence-electron chi connectivity index (χ0n) is 15.2. The lowest BCUT2D eigenvalue weighted by Gasteiger charge is -2.22. The molecule has 0 aliphatic carbocycles. The van der Waals surface area contributed by atoms with Crippen LogP contribution in [0.15, 0.2) is 53.3 Å². The average Bonchev–Trinajstić information content (AvgIpc) is 2.65. The van der Waals surface area contributed by atoms with Crippen LogP contribution in [0, 0.1) is 22.9 Å². The van der Waals surface area contributed by atoms with Gasteiger partial charge in [0.2, 0.25) is 11.6 Å². The van der Waals surface area contributed by atoms with Crippen molar-refractivity contribution in [3.8, 4) is 0 Å². The first-order valence-electron chi connectivity index (χ1n) is 8.46. The van der Waals surface area contributed by atoms with Crippen molar-refractivity contribution in [1.29, 1.82) is 0 Å². The molecule has 9 heteroatoms. The molecule has 0 saturated carbocycles. The Kier molecular flexibility index (Phi) is 5.84. The van der Waals surface area contributed by atoms with Crippen molar-refractivity contribution in [3.05, 3.63) is 74.8 Å². The molecule has 3 rings (SSSR count). The second-order valence-corrected chi connectivity index (χ2v) is 6.90. The molecule has 0 amide bonds.